The average molecular weight is 438 g/mol. The van der Waals surface area contributed by atoms with E-state index in [0.29, 0.717) is 6.04 Å². The molecule has 0 saturated carbocycles. The van der Waals surface area contributed by atoms with Crippen molar-refractivity contribution in [2.45, 2.75) is 116 Å². The van der Waals surface area contributed by atoms with Gasteiger partial charge in [0.1, 0.15) is 0 Å². The molecule has 176 valence electrons. The quantitative estimate of drug-likeness (QED) is 0.230. The van der Waals surface area contributed by atoms with Gasteiger partial charge in [-0.3, -0.25) is 14.0 Å². The van der Waals surface area contributed by atoms with E-state index in [0.717, 1.165) is 19.8 Å². The summed E-state index contributed by atoms with van der Waals surface area (Å²) in [5.41, 5.74) is 0. The van der Waals surface area contributed by atoms with E-state index < -0.39 is 10.4 Å². The SMILES string of the molecule is CCCCCCCCCCCCCCCCN1CCOCC1CC.O=S(=O)(O)O. The molecule has 1 aliphatic heterocycles. The second-order valence-electron chi connectivity index (χ2n) is 8.22. The van der Waals surface area contributed by atoms with Crippen LogP contribution in [0.2, 0.25) is 0 Å². The molecule has 1 saturated heterocycles. The molecule has 0 amide bonds. The number of nitrogens with zero attached hydrogens (tertiary/aromatic N) is 1. The standard InChI is InChI=1S/C22H45NO.H2O4S/c1-3-5-6-7-8-9-10-11-12-13-14-15-16-17-18-23-19-20-24-21-22(23)4-2;1-5(2,3)4/h22H,3-21H2,1-2H3;(H2,1,2,3,4). The minimum atomic E-state index is -4.67. The molecule has 1 unspecified atom stereocenters. The van der Waals surface area contributed by atoms with Crippen molar-refractivity contribution in [1.82, 2.24) is 4.90 Å². The summed E-state index contributed by atoms with van der Waals surface area (Å²) in [7, 11) is -4.67. The fraction of sp³-hybridized carbons (Fsp3) is 1.00. The number of hydrogen-bond acceptors (Lipinski definition) is 4. The van der Waals surface area contributed by atoms with Gasteiger partial charge in [-0.2, -0.15) is 8.42 Å². The van der Waals surface area contributed by atoms with Crippen molar-refractivity contribution in [3.63, 3.8) is 0 Å². The molecule has 1 aliphatic rings. The molecule has 1 fully saturated rings. The lowest BCUT2D eigenvalue weighted by Crippen LogP contribution is -2.45. The molecule has 1 atom stereocenters. The van der Waals surface area contributed by atoms with Gasteiger partial charge < -0.3 is 4.74 Å². The topological polar surface area (TPSA) is 87.1 Å². The zero-order chi connectivity index (χ0) is 21.8. The highest BCUT2D eigenvalue weighted by molar-refractivity contribution is 7.79. The van der Waals surface area contributed by atoms with Gasteiger partial charge in [0.25, 0.3) is 0 Å². The molecule has 0 aromatic rings. The van der Waals surface area contributed by atoms with Crippen molar-refractivity contribution >= 4 is 10.4 Å². The minimum Gasteiger partial charge on any atom is -0.378 e. The summed E-state index contributed by atoms with van der Waals surface area (Å²) in [5.74, 6) is 0. The number of morpholine rings is 1. The number of unbranched alkanes of at least 4 members (excludes halogenated alkanes) is 13. The van der Waals surface area contributed by atoms with Gasteiger partial charge in [0.15, 0.2) is 0 Å². The van der Waals surface area contributed by atoms with E-state index in [2.05, 4.69) is 18.7 Å². The van der Waals surface area contributed by atoms with Crippen LogP contribution in [-0.4, -0.2) is 54.8 Å². The van der Waals surface area contributed by atoms with Gasteiger partial charge in [0.2, 0.25) is 0 Å². The second kappa shape index (κ2) is 19.7. The van der Waals surface area contributed by atoms with Crippen molar-refractivity contribution < 1.29 is 22.3 Å². The fourth-order valence-corrected chi connectivity index (χ4v) is 3.87. The largest absolute Gasteiger partial charge is 0.394 e. The Morgan fingerprint density at radius 2 is 1.21 bits per heavy atom. The monoisotopic (exact) mass is 437 g/mol. The van der Waals surface area contributed by atoms with Gasteiger partial charge >= 0.3 is 10.4 Å². The number of ether oxygens (including phenoxy) is 1. The number of hydrogen-bond donors (Lipinski definition) is 2. The minimum absolute atomic E-state index is 0.681. The molecule has 1 rings (SSSR count). The lowest BCUT2D eigenvalue weighted by atomic mass is 10.0. The average Bonchev–Trinajstić information content (AvgIpc) is 2.67. The highest BCUT2D eigenvalue weighted by Crippen LogP contribution is 2.14. The van der Waals surface area contributed by atoms with Crippen LogP contribution in [-0.2, 0) is 15.1 Å². The van der Waals surface area contributed by atoms with Gasteiger partial charge in [0.05, 0.1) is 13.2 Å². The molecule has 0 bridgehead atoms. The van der Waals surface area contributed by atoms with Crippen LogP contribution < -0.4 is 0 Å². The van der Waals surface area contributed by atoms with Crippen molar-refractivity contribution in [3.05, 3.63) is 0 Å². The predicted molar refractivity (Wildman–Crippen MR) is 121 cm³/mol. The van der Waals surface area contributed by atoms with E-state index in [1.54, 1.807) is 0 Å². The smallest absolute Gasteiger partial charge is 0.378 e. The van der Waals surface area contributed by atoms with Crippen LogP contribution in [0.1, 0.15) is 110 Å². The van der Waals surface area contributed by atoms with Gasteiger partial charge in [0, 0.05) is 12.6 Å². The van der Waals surface area contributed by atoms with Gasteiger partial charge in [-0.25, -0.2) is 0 Å². The maximum absolute atomic E-state index is 8.74. The Balaban J connectivity index is 0.00000139. The Labute approximate surface area is 180 Å². The van der Waals surface area contributed by atoms with E-state index in [4.69, 9.17) is 22.3 Å². The van der Waals surface area contributed by atoms with Crippen LogP contribution in [0.25, 0.3) is 0 Å². The molecule has 29 heavy (non-hydrogen) atoms. The summed E-state index contributed by atoms with van der Waals surface area (Å²) in [6.45, 7) is 8.92. The maximum atomic E-state index is 8.74. The van der Waals surface area contributed by atoms with Crippen LogP contribution >= 0.6 is 0 Å². The zero-order valence-electron chi connectivity index (χ0n) is 19.0. The first kappa shape index (κ1) is 28.8. The second-order valence-corrected chi connectivity index (χ2v) is 9.11. The van der Waals surface area contributed by atoms with Crippen molar-refractivity contribution in [1.29, 1.82) is 0 Å². The van der Waals surface area contributed by atoms with E-state index >= 15 is 0 Å². The Morgan fingerprint density at radius 3 is 1.62 bits per heavy atom. The molecule has 0 aromatic heterocycles. The summed E-state index contributed by atoms with van der Waals surface area (Å²) in [4.78, 5) is 2.66. The van der Waals surface area contributed by atoms with Crippen molar-refractivity contribution in [3.8, 4) is 0 Å². The van der Waals surface area contributed by atoms with Crippen LogP contribution in [0.5, 0.6) is 0 Å². The molecule has 0 radical (unpaired) electrons. The third-order valence-corrected chi connectivity index (χ3v) is 5.62. The lowest BCUT2D eigenvalue weighted by molar-refractivity contribution is -0.00918. The first-order valence-corrected chi connectivity index (χ1v) is 13.3. The molecule has 0 aliphatic carbocycles. The zero-order valence-corrected chi connectivity index (χ0v) is 19.8. The Bertz CT molecular complexity index is 436. The summed E-state index contributed by atoms with van der Waals surface area (Å²) in [6.07, 6.45) is 21.5. The Hall–Kier alpha value is -0.210. The molecule has 7 heteroatoms. The van der Waals surface area contributed by atoms with Crippen LogP contribution in [0, 0.1) is 0 Å². The maximum Gasteiger partial charge on any atom is 0.394 e. The first-order valence-electron chi connectivity index (χ1n) is 11.9. The van der Waals surface area contributed by atoms with Crippen LogP contribution in [0.15, 0.2) is 0 Å². The van der Waals surface area contributed by atoms with Gasteiger partial charge in [-0.05, 0) is 19.4 Å². The molecule has 1 heterocycles. The van der Waals surface area contributed by atoms with Crippen molar-refractivity contribution in [2.75, 3.05) is 26.3 Å². The van der Waals surface area contributed by atoms with E-state index in [9.17, 15) is 0 Å². The molecule has 6 nitrogen and oxygen atoms in total. The molecule has 0 aromatic carbocycles. The third kappa shape index (κ3) is 22.3. The van der Waals surface area contributed by atoms with Crippen molar-refractivity contribution in [2.24, 2.45) is 0 Å². The number of rotatable bonds is 16. The third-order valence-electron chi connectivity index (χ3n) is 5.62. The molecule has 0 spiro atoms. The normalized spacial score (nSPS) is 17.7. The summed E-state index contributed by atoms with van der Waals surface area (Å²) < 4.78 is 37.2. The molecular weight excluding hydrogens is 390 g/mol. The first-order chi connectivity index (χ1) is 13.9. The highest BCUT2D eigenvalue weighted by Gasteiger charge is 2.20. The Kier molecular flexibility index (Phi) is 19.6. The summed E-state index contributed by atoms with van der Waals surface area (Å²) in [5, 5.41) is 0. The summed E-state index contributed by atoms with van der Waals surface area (Å²) in [6, 6.07) is 0.681. The predicted octanol–water partition coefficient (Wildman–Crippen LogP) is 5.93. The molecular formula is C22H47NO5S. The highest BCUT2D eigenvalue weighted by atomic mass is 32.3. The van der Waals surface area contributed by atoms with E-state index in [-0.39, 0.29) is 0 Å². The van der Waals surface area contributed by atoms with Crippen LogP contribution in [0.4, 0.5) is 0 Å². The lowest BCUT2D eigenvalue weighted by Gasteiger charge is -2.35. The van der Waals surface area contributed by atoms with Gasteiger partial charge in [-0.15, -0.1) is 0 Å². The van der Waals surface area contributed by atoms with Gasteiger partial charge in [-0.1, -0.05) is 97.3 Å². The van der Waals surface area contributed by atoms with E-state index in [1.807, 2.05) is 0 Å². The van der Waals surface area contributed by atoms with E-state index in [1.165, 1.54) is 103 Å². The fourth-order valence-electron chi connectivity index (χ4n) is 3.87. The molecule has 2 N–H and O–H groups in total. The summed E-state index contributed by atoms with van der Waals surface area (Å²) >= 11 is 0. The van der Waals surface area contributed by atoms with Crippen LogP contribution in [0.3, 0.4) is 0 Å². The Morgan fingerprint density at radius 1 is 0.793 bits per heavy atom.